The van der Waals surface area contributed by atoms with Gasteiger partial charge in [0.15, 0.2) is 5.96 Å². The van der Waals surface area contributed by atoms with Crippen molar-refractivity contribution in [3.05, 3.63) is 35.8 Å². The molecule has 1 atom stereocenters. The monoisotopic (exact) mass is 510 g/mol. The third-order valence-corrected chi connectivity index (χ3v) is 5.01. The largest absolute Gasteiger partial charge is 0.361 e. The van der Waals surface area contributed by atoms with E-state index in [9.17, 15) is 12.8 Å². The Labute approximate surface area is 177 Å². The molecule has 3 N–H and O–H groups in total. The number of H-pyrrole nitrogens is 1. The van der Waals surface area contributed by atoms with E-state index in [2.05, 4.69) is 20.6 Å². The predicted molar refractivity (Wildman–Crippen MR) is 120 cm³/mol. The van der Waals surface area contributed by atoms with E-state index in [-0.39, 0.29) is 41.6 Å². The van der Waals surface area contributed by atoms with Crippen LogP contribution in [0.3, 0.4) is 0 Å². The Bertz CT molecular complexity index is 867. The van der Waals surface area contributed by atoms with Crippen molar-refractivity contribution < 1.29 is 12.8 Å². The predicted octanol–water partition coefficient (Wildman–Crippen LogP) is 2.85. The van der Waals surface area contributed by atoms with Crippen LogP contribution in [0.25, 0.3) is 10.9 Å². The first-order chi connectivity index (χ1) is 12.3. The van der Waals surface area contributed by atoms with Gasteiger partial charge in [-0.3, -0.25) is 4.99 Å². The number of guanidine groups is 1. The molecule has 27 heavy (non-hydrogen) atoms. The fourth-order valence-electron chi connectivity index (χ4n) is 2.67. The highest BCUT2D eigenvalue weighted by atomic mass is 127. The molecule has 1 aromatic carbocycles. The van der Waals surface area contributed by atoms with Gasteiger partial charge in [0.05, 0.1) is 5.75 Å². The van der Waals surface area contributed by atoms with Crippen molar-refractivity contribution in [3.63, 3.8) is 0 Å². The van der Waals surface area contributed by atoms with Crippen molar-refractivity contribution in [3.8, 4) is 0 Å². The van der Waals surface area contributed by atoms with Gasteiger partial charge in [-0.15, -0.1) is 24.0 Å². The summed E-state index contributed by atoms with van der Waals surface area (Å²) in [4.78, 5) is 7.63. The van der Waals surface area contributed by atoms with Gasteiger partial charge in [-0.2, -0.15) is 0 Å². The standard InChI is InChI=1S/C18H27FN4O2S.HI/c1-4-20-18(23-13(2)8-10-26(3,24)25)21-9-7-14-12-22-17-11-15(19)5-6-16(14)17;/h5-6,11-13,22H,4,7-10H2,1-3H3,(H2,20,21,23);1H. The molecule has 0 bridgehead atoms. The summed E-state index contributed by atoms with van der Waals surface area (Å²) in [5.74, 6) is 0.553. The van der Waals surface area contributed by atoms with Crippen molar-refractivity contribution in [2.75, 3.05) is 25.1 Å². The molecule has 0 saturated carbocycles. The van der Waals surface area contributed by atoms with Crippen LogP contribution >= 0.6 is 24.0 Å². The van der Waals surface area contributed by atoms with Crippen molar-refractivity contribution in [2.45, 2.75) is 32.7 Å². The molecule has 0 aliphatic heterocycles. The Morgan fingerprint density at radius 3 is 2.78 bits per heavy atom. The lowest BCUT2D eigenvalue weighted by molar-refractivity contribution is 0.581. The van der Waals surface area contributed by atoms with Gasteiger partial charge in [-0.25, -0.2) is 12.8 Å². The van der Waals surface area contributed by atoms with Gasteiger partial charge in [0.25, 0.3) is 0 Å². The highest BCUT2D eigenvalue weighted by molar-refractivity contribution is 14.0. The van der Waals surface area contributed by atoms with Crippen LogP contribution in [0.15, 0.2) is 29.4 Å². The molecule has 0 spiro atoms. The molecule has 0 amide bonds. The number of nitrogens with zero attached hydrogens (tertiary/aromatic N) is 1. The van der Waals surface area contributed by atoms with E-state index in [0.717, 1.165) is 29.4 Å². The average Bonchev–Trinajstić information content (AvgIpc) is 2.94. The summed E-state index contributed by atoms with van der Waals surface area (Å²) in [6, 6.07) is 4.71. The zero-order valence-corrected chi connectivity index (χ0v) is 19.0. The molecule has 0 saturated heterocycles. The first-order valence-corrected chi connectivity index (χ1v) is 10.8. The fraction of sp³-hybridized carbons (Fsp3) is 0.500. The van der Waals surface area contributed by atoms with Crippen LogP contribution in [-0.2, 0) is 16.3 Å². The summed E-state index contributed by atoms with van der Waals surface area (Å²) in [6.07, 6.45) is 4.37. The van der Waals surface area contributed by atoms with Crippen LogP contribution in [0.5, 0.6) is 0 Å². The fourth-order valence-corrected chi connectivity index (χ4v) is 3.45. The number of hydrogen-bond donors (Lipinski definition) is 3. The molecule has 0 aliphatic rings. The summed E-state index contributed by atoms with van der Waals surface area (Å²) < 4.78 is 35.8. The van der Waals surface area contributed by atoms with E-state index in [1.165, 1.54) is 18.4 Å². The molecule has 1 heterocycles. The molecular weight excluding hydrogens is 482 g/mol. The molecule has 6 nitrogen and oxygen atoms in total. The maximum atomic E-state index is 13.3. The van der Waals surface area contributed by atoms with E-state index in [4.69, 9.17) is 0 Å². The summed E-state index contributed by atoms with van der Waals surface area (Å²) in [6.45, 7) is 5.20. The average molecular weight is 510 g/mol. The summed E-state index contributed by atoms with van der Waals surface area (Å²) in [5, 5.41) is 7.40. The lowest BCUT2D eigenvalue weighted by Gasteiger charge is -2.17. The van der Waals surface area contributed by atoms with Gasteiger partial charge >= 0.3 is 0 Å². The number of benzene rings is 1. The lowest BCUT2D eigenvalue weighted by Crippen LogP contribution is -2.43. The minimum atomic E-state index is -2.97. The van der Waals surface area contributed by atoms with E-state index in [1.807, 2.05) is 20.0 Å². The number of sulfone groups is 1. The van der Waals surface area contributed by atoms with Gasteiger partial charge in [0, 0.05) is 42.5 Å². The van der Waals surface area contributed by atoms with Crippen molar-refractivity contribution in [2.24, 2.45) is 4.99 Å². The Hall–Kier alpha value is -1.36. The van der Waals surface area contributed by atoms with Crippen LogP contribution in [0.4, 0.5) is 4.39 Å². The lowest BCUT2D eigenvalue weighted by atomic mass is 10.1. The highest BCUT2D eigenvalue weighted by Gasteiger charge is 2.10. The number of hydrogen-bond acceptors (Lipinski definition) is 3. The molecule has 0 radical (unpaired) electrons. The summed E-state index contributed by atoms with van der Waals surface area (Å²) >= 11 is 0. The van der Waals surface area contributed by atoms with Gasteiger partial charge in [0.2, 0.25) is 0 Å². The Balaban J connectivity index is 0.00000364. The number of aromatic amines is 1. The topological polar surface area (TPSA) is 86.3 Å². The van der Waals surface area contributed by atoms with Crippen LogP contribution < -0.4 is 10.6 Å². The second-order valence-electron chi connectivity index (χ2n) is 6.48. The number of nitrogens with one attached hydrogen (secondary N) is 3. The molecule has 9 heteroatoms. The van der Waals surface area contributed by atoms with E-state index in [1.54, 1.807) is 6.07 Å². The molecule has 0 fully saturated rings. The highest BCUT2D eigenvalue weighted by Crippen LogP contribution is 2.19. The zero-order chi connectivity index (χ0) is 19.2. The molecular formula is C18H28FIN4O2S. The van der Waals surface area contributed by atoms with E-state index in [0.29, 0.717) is 18.9 Å². The molecule has 1 unspecified atom stereocenters. The van der Waals surface area contributed by atoms with Crippen LogP contribution in [-0.4, -0.2) is 50.5 Å². The number of halogens is 2. The Kier molecular flexibility index (Phi) is 9.51. The third-order valence-electron chi connectivity index (χ3n) is 4.03. The van der Waals surface area contributed by atoms with Crippen molar-refractivity contribution in [1.82, 2.24) is 15.6 Å². The smallest absolute Gasteiger partial charge is 0.191 e. The normalized spacial score (nSPS) is 13.3. The van der Waals surface area contributed by atoms with Crippen LogP contribution in [0.1, 0.15) is 25.8 Å². The summed E-state index contributed by atoms with van der Waals surface area (Å²) in [5.41, 5.74) is 1.87. The van der Waals surface area contributed by atoms with Crippen molar-refractivity contribution >= 4 is 50.7 Å². The number of aliphatic imine (C=N–C) groups is 1. The second kappa shape index (κ2) is 10.8. The van der Waals surface area contributed by atoms with Gasteiger partial charge in [-0.05, 0) is 50.5 Å². The summed E-state index contributed by atoms with van der Waals surface area (Å²) in [7, 11) is -2.97. The quantitative estimate of drug-likeness (QED) is 0.290. The molecule has 152 valence electrons. The third kappa shape index (κ3) is 8.04. The number of rotatable bonds is 8. The van der Waals surface area contributed by atoms with E-state index < -0.39 is 9.84 Å². The molecule has 1 aromatic heterocycles. The van der Waals surface area contributed by atoms with Gasteiger partial charge in [-0.1, -0.05) is 0 Å². The SMILES string of the molecule is CCNC(=NCCc1c[nH]c2cc(F)ccc12)NC(C)CCS(C)(=O)=O.I. The van der Waals surface area contributed by atoms with Crippen LogP contribution in [0, 0.1) is 5.82 Å². The first kappa shape index (κ1) is 23.7. The van der Waals surface area contributed by atoms with Crippen molar-refractivity contribution in [1.29, 1.82) is 0 Å². The molecule has 0 aliphatic carbocycles. The molecule has 2 aromatic rings. The maximum Gasteiger partial charge on any atom is 0.191 e. The first-order valence-electron chi connectivity index (χ1n) is 8.76. The van der Waals surface area contributed by atoms with Gasteiger partial charge in [0.1, 0.15) is 15.7 Å². The second-order valence-corrected chi connectivity index (χ2v) is 8.74. The van der Waals surface area contributed by atoms with Crippen LogP contribution in [0.2, 0.25) is 0 Å². The Morgan fingerprint density at radius 2 is 2.11 bits per heavy atom. The minimum Gasteiger partial charge on any atom is -0.361 e. The zero-order valence-electron chi connectivity index (χ0n) is 15.9. The molecule has 2 rings (SSSR count). The maximum absolute atomic E-state index is 13.3. The van der Waals surface area contributed by atoms with E-state index >= 15 is 0 Å². The Morgan fingerprint density at radius 1 is 1.37 bits per heavy atom. The number of aromatic nitrogens is 1. The number of fused-ring (bicyclic) bond motifs is 1. The minimum absolute atomic E-state index is 0. The van der Waals surface area contributed by atoms with Gasteiger partial charge < -0.3 is 15.6 Å².